The maximum atomic E-state index is 12.3. The Kier molecular flexibility index (Phi) is 4.99. The lowest BCUT2D eigenvalue weighted by Crippen LogP contribution is -2.42. The topological polar surface area (TPSA) is 80.9 Å². The first-order valence-corrected chi connectivity index (χ1v) is 8.31. The van der Waals surface area contributed by atoms with Gasteiger partial charge in [-0.3, -0.25) is 4.79 Å². The Balaban J connectivity index is 1.63. The van der Waals surface area contributed by atoms with E-state index < -0.39 is 5.60 Å². The van der Waals surface area contributed by atoms with E-state index in [0.29, 0.717) is 17.3 Å². The quantitative estimate of drug-likeness (QED) is 0.767. The molecule has 1 amide bonds. The third kappa shape index (κ3) is 3.79. The molecule has 0 saturated heterocycles. The van der Waals surface area contributed by atoms with Crippen LogP contribution >= 0.6 is 0 Å². The van der Waals surface area contributed by atoms with E-state index in [-0.39, 0.29) is 24.8 Å². The molecule has 6 heteroatoms. The van der Waals surface area contributed by atoms with Gasteiger partial charge in [-0.2, -0.15) is 0 Å². The number of furan rings is 1. The van der Waals surface area contributed by atoms with Gasteiger partial charge in [0.25, 0.3) is 0 Å². The zero-order chi connectivity index (χ0) is 17.9. The summed E-state index contributed by atoms with van der Waals surface area (Å²) in [5.41, 5.74) is -0.334. The van der Waals surface area contributed by atoms with Crippen molar-refractivity contribution in [2.45, 2.75) is 24.9 Å². The van der Waals surface area contributed by atoms with Crippen LogP contribution in [0.15, 0.2) is 41.0 Å². The maximum Gasteiger partial charge on any atom is 0.224 e. The van der Waals surface area contributed by atoms with Crippen LogP contribution in [-0.4, -0.2) is 31.8 Å². The number of nitrogens with one attached hydrogen (secondary N) is 1. The summed E-state index contributed by atoms with van der Waals surface area (Å²) < 4.78 is 15.8. The molecule has 1 heterocycles. The number of methoxy groups -OCH3 is 2. The Morgan fingerprint density at radius 3 is 2.64 bits per heavy atom. The van der Waals surface area contributed by atoms with Crippen LogP contribution in [0, 0.1) is 5.92 Å². The number of carbonyl (C=O) groups excluding carboxylic acids is 1. The first kappa shape index (κ1) is 17.4. The van der Waals surface area contributed by atoms with Crippen LogP contribution < -0.4 is 14.8 Å². The van der Waals surface area contributed by atoms with Crippen molar-refractivity contribution in [3.05, 3.63) is 47.9 Å². The van der Waals surface area contributed by atoms with Crippen molar-refractivity contribution in [3.8, 4) is 11.5 Å². The van der Waals surface area contributed by atoms with Gasteiger partial charge in [0.1, 0.15) is 11.4 Å². The van der Waals surface area contributed by atoms with Gasteiger partial charge in [0.05, 0.1) is 33.4 Å². The summed E-state index contributed by atoms with van der Waals surface area (Å²) in [5, 5.41) is 13.8. The van der Waals surface area contributed by atoms with Gasteiger partial charge in [-0.1, -0.05) is 6.07 Å². The van der Waals surface area contributed by atoms with Gasteiger partial charge >= 0.3 is 0 Å². The lowest BCUT2D eigenvalue weighted by atomic mass is 9.94. The highest BCUT2D eigenvalue weighted by molar-refractivity contribution is 5.78. The highest BCUT2D eigenvalue weighted by atomic mass is 16.5. The van der Waals surface area contributed by atoms with Crippen molar-refractivity contribution in [1.82, 2.24) is 5.32 Å². The summed E-state index contributed by atoms with van der Waals surface area (Å²) in [7, 11) is 3.12. The number of benzene rings is 1. The zero-order valence-corrected chi connectivity index (χ0v) is 14.5. The molecule has 1 aromatic heterocycles. The minimum absolute atomic E-state index is 0.125. The normalized spacial score (nSPS) is 16.1. The number of amides is 1. The molecule has 25 heavy (non-hydrogen) atoms. The molecule has 6 nitrogen and oxygen atoms in total. The van der Waals surface area contributed by atoms with E-state index in [9.17, 15) is 9.90 Å². The van der Waals surface area contributed by atoms with Crippen LogP contribution in [0.5, 0.6) is 11.5 Å². The van der Waals surface area contributed by atoms with Crippen LogP contribution in [-0.2, 0) is 16.8 Å². The zero-order valence-electron chi connectivity index (χ0n) is 14.5. The smallest absolute Gasteiger partial charge is 0.224 e. The third-order valence-corrected chi connectivity index (χ3v) is 4.57. The molecular weight excluding hydrogens is 322 g/mol. The molecule has 1 aliphatic rings. The number of ether oxygens (including phenoxy) is 2. The SMILES string of the molecule is COc1ccc(CC(=O)NC[C@@](O)(c2ccco2)C2CC2)cc1OC. The van der Waals surface area contributed by atoms with Crippen LogP contribution in [0.3, 0.4) is 0 Å². The Bertz CT molecular complexity index is 723. The average Bonchev–Trinajstić information content (AvgIpc) is 3.34. The molecule has 0 unspecified atom stereocenters. The van der Waals surface area contributed by atoms with Crippen molar-refractivity contribution in [3.63, 3.8) is 0 Å². The highest BCUT2D eigenvalue weighted by Gasteiger charge is 2.47. The second-order valence-corrected chi connectivity index (χ2v) is 6.32. The molecule has 0 aliphatic heterocycles. The van der Waals surface area contributed by atoms with Crippen molar-refractivity contribution in [1.29, 1.82) is 0 Å². The third-order valence-electron chi connectivity index (χ3n) is 4.57. The Hall–Kier alpha value is -2.47. The number of aliphatic hydroxyl groups is 1. The van der Waals surface area contributed by atoms with Crippen LogP contribution in [0.4, 0.5) is 0 Å². The molecule has 2 N–H and O–H groups in total. The Morgan fingerprint density at radius 1 is 1.28 bits per heavy atom. The summed E-state index contributed by atoms with van der Waals surface area (Å²) in [6.45, 7) is 0.136. The van der Waals surface area contributed by atoms with E-state index in [1.807, 2.05) is 6.07 Å². The molecule has 1 aliphatic carbocycles. The molecule has 0 bridgehead atoms. The average molecular weight is 345 g/mol. The number of hydrogen-bond donors (Lipinski definition) is 2. The first-order chi connectivity index (χ1) is 12.1. The van der Waals surface area contributed by atoms with Crippen LogP contribution in [0.25, 0.3) is 0 Å². The fourth-order valence-electron chi connectivity index (χ4n) is 2.99. The second-order valence-electron chi connectivity index (χ2n) is 6.32. The van der Waals surface area contributed by atoms with Gasteiger partial charge in [0.2, 0.25) is 5.91 Å². The van der Waals surface area contributed by atoms with E-state index >= 15 is 0 Å². The lowest BCUT2D eigenvalue weighted by Gasteiger charge is -2.26. The molecule has 1 atom stereocenters. The van der Waals surface area contributed by atoms with E-state index in [1.54, 1.807) is 38.5 Å². The lowest BCUT2D eigenvalue weighted by molar-refractivity contribution is -0.122. The minimum atomic E-state index is -1.14. The summed E-state index contributed by atoms with van der Waals surface area (Å²) in [6.07, 6.45) is 3.60. The fraction of sp³-hybridized carbons (Fsp3) is 0.421. The summed E-state index contributed by atoms with van der Waals surface area (Å²) in [5.74, 6) is 1.66. The minimum Gasteiger partial charge on any atom is -0.493 e. The monoisotopic (exact) mass is 345 g/mol. The van der Waals surface area contributed by atoms with Crippen LogP contribution in [0.1, 0.15) is 24.2 Å². The largest absolute Gasteiger partial charge is 0.493 e. The molecule has 1 fully saturated rings. The van der Waals surface area contributed by atoms with Gasteiger partial charge in [-0.05, 0) is 48.6 Å². The molecule has 1 saturated carbocycles. The standard InChI is InChI=1S/C19H23NO5/c1-23-15-8-5-13(10-16(15)24-2)11-18(21)20-12-19(22,14-6-7-14)17-4-3-9-25-17/h3-5,8-10,14,22H,6-7,11-12H2,1-2H3,(H,20,21)/t19-/m0/s1. The van der Waals surface area contributed by atoms with Crippen molar-refractivity contribution >= 4 is 5.91 Å². The molecule has 2 aromatic rings. The fourth-order valence-corrected chi connectivity index (χ4v) is 2.99. The number of rotatable bonds is 8. The summed E-state index contributed by atoms with van der Waals surface area (Å²) in [4.78, 5) is 12.3. The molecular formula is C19H23NO5. The maximum absolute atomic E-state index is 12.3. The van der Waals surface area contributed by atoms with Crippen molar-refractivity contribution < 1.29 is 23.8 Å². The predicted octanol–water partition coefficient (Wildman–Crippen LogP) is 2.25. The van der Waals surface area contributed by atoms with Gasteiger partial charge in [-0.15, -0.1) is 0 Å². The summed E-state index contributed by atoms with van der Waals surface area (Å²) >= 11 is 0. The highest BCUT2D eigenvalue weighted by Crippen LogP contribution is 2.45. The van der Waals surface area contributed by atoms with Gasteiger partial charge in [0.15, 0.2) is 11.5 Å². The predicted molar refractivity (Wildman–Crippen MR) is 91.6 cm³/mol. The van der Waals surface area contributed by atoms with Gasteiger partial charge < -0.3 is 24.3 Å². The van der Waals surface area contributed by atoms with Crippen LogP contribution in [0.2, 0.25) is 0 Å². The number of hydrogen-bond acceptors (Lipinski definition) is 5. The van der Waals surface area contributed by atoms with Crippen molar-refractivity contribution in [2.75, 3.05) is 20.8 Å². The first-order valence-electron chi connectivity index (χ1n) is 8.31. The molecule has 3 rings (SSSR count). The van der Waals surface area contributed by atoms with E-state index in [0.717, 1.165) is 18.4 Å². The van der Waals surface area contributed by atoms with Gasteiger partial charge in [-0.25, -0.2) is 0 Å². The Labute approximate surface area is 146 Å². The summed E-state index contributed by atoms with van der Waals surface area (Å²) in [6, 6.07) is 8.86. The Morgan fingerprint density at radius 2 is 2.04 bits per heavy atom. The second kappa shape index (κ2) is 7.19. The van der Waals surface area contributed by atoms with Crippen molar-refractivity contribution in [2.24, 2.45) is 5.92 Å². The van der Waals surface area contributed by atoms with E-state index in [4.69, 9.17) is 13.9 Å². The molecule has 1 aromatic carbocycles. The number of carbonyl (C=O) groups is 1. The van der Waals surface area contributed by atoms with Gasteiger partial charge in [0, 0.05) is 0 Å². The molecule has 0 spiro atoms. The molecule has 0 radical (unpaired) electrons. The van der Waals surface area contributed by atoms with E-state index in [2.05, 4.69) is 5.32 Å². The molecule has 134 valence electrons. The van der Waals surface area contributed by atoms with E-state index in [1.165, 1.54) is 6.26 Å².